The van der Waals surface area contributed by atoms with E-state index in [1.807, 2.05) is 13.8 Å². The first-order chi connectivity index (χ1) is 13.2. The van der Waals surface area contributed by atoms with Gasteiger partial charge >= 0.3 is 28.1 Å². The van der Waals surface area contributed by atoms with Crippen LogP contribution in [0.3, 0.4) is 0 Å². The zero-order chi connectivity index (χ0) is 24.1. The molecule has 182 valence electrons. The van der Waals surface area contributed by atoms with E-state index in [4.69, 9.17) is 25.9 Å². The van der Waals surface area contributed by atoms with Crippen molar-refractivity contribution < 1.29 is 74.5 Å². The SMILES string of the molecule is Cc1cc([S+]2CCCC2)cc(C)c1O.O=S(=O)([O-])C(F)(F)F.O=S(=O)([O-])C(F)(F)F.[Fe+2]. The van der Waals surface area contributed by atoms with Crippen LogP contribution >= 0.6 is 0 Å². The first kappa shape index (κ1) is 32.5. The Balaban J connectivity index is 0. The predicted molar refractivity (Wildman–Crippen MR) is 93.7 cm³/mol. The van der Waals surface area contributed by atoms with Crippen molar-refractivity contribution in [1.29, 1.82) is 0 Å². The number of aryl methyl sites for hydroxylation is 2. The number of aromatic hydroxyl groups is 1. The third-order valence-electron chi connectivity index (χ3n) is 3.40. The molecule has 0 amide bonds. The van der Waals surface area contributed by atoms with Gasteiger partial charge in [-0.05, 0) is 49.9 Å². The Labute approximate surface area is 188 Å². The van der Waals surface area contributed by atoms with E-state index in [-0.39, 0.29) is 17.1 Å². The average molecular weight is 563 g/mol. The first-order valence-electron chi connectivity index (χ1n) is 7.70. The molecule has 0 bridgehead atoms. The summed E-state index contributed by atoms with van der Waals surface area (Å²) in [5.74, 6) is 3.17. The van der Waals surface area contributed by atoms with Gasteiger partial charge in [-0.3, -0.25) is 0 Å². The van der Waals surface area contributed by atoms with Gasteiger partial charge in [-0.25, -0.2) is 16.8 Å². The summed E-state index contributed by atoms with van der Waals surface area (Å²) in [7, 11) is -11.7. The molecule has 0 aliphatic carbocycles. The van der Waals surface area contributed by atoms with E-state index in [0.717, 1.165) is 11.1 Å². The number of hydrogen-bond donors (Lipinski definition) is 1. The number of phenolic OH excluding ortho intramolecular Hbond substituents is 1. The monoisotopic (exact) mass is 563 g/mol. The van der Waals surface area contributed by atoms with Gasteiger partial charge in [0.15, 0.2) is 25.1 Å². The molecule has 1 aromatic carbocycles. The van der Waals surface area contributed by atoms with Gasteiger partial charge in [0.05, 0.1) is 0 Å². The van der Waals surface area contributed by atoms with Crippen molar-refractivity contribution in [3.05, 3.63) is 23.3 Å². The van der Waals surface area contributed by atoms with Gasteiger partial charge < -0.3 is 14.2 Å². The molecule has 1 aliphatic rings. The van der Waals surface area contributed by atoms with Gasteiger partial charge in [0.1, 0.15) is 17.3 Å². The Morgan fingerprint density at radius 3 is 1.32 bits per heavy atom. The maximum atomic E-state index is 10.7. The molecule has 1 heterocycles. The van der Waals surface area contributed by atoms with Crippen molar-refractivity contribution in [2.75, 3.05) is 11.5 Å². The molecule has 2 rings (SSSR count). The van der Waals surface area contributed by atoms with Crippen molar-refractivity contribution in [3.8, 4) is 5.75 Å². The molecule has 1 aliphatic heterocycles. The van der Waals surface area contributed by atoms with Crippen LogP contribution in [0.1, 0.15) is 24.0 Å². The second-order valence-electron chi connectivity index (χ2n) is 5.81. The number of benzene rings is 1. The summed E-state index contributed by atoms with van der Waals surface area (Å²) in [5.41, 5.74) is -9.24. The topological polar surface area (TPSA) is 135 Å². The third kappa shape index (κ3) is 11.1. The number of rotatable bonds is 1. The van der Waals surface area contributed by atoms with Crippen LogP contribution in [0.25, 0.3) is 0 Å². The smallest absolute Gasteiger partial charge is 0.741 e. The fraction of sp³-hybridized carbons (Fsp3) is 0.571. The molecule has 17 heteroatoms. The first-order valence-corrected chi connectivity index (χ1v) is 12.1. The third-order valence-corrected chi connectivity index (χ3v) is 7.00. The van der Waals surface area contributed by atoms with Crippen LogP contribution in [-0.4, -0.2) is 53.6 Å². The van der Waals surface area contributed by atoms with Crippen LogP contribution in [0.4, 0.5) is 26.3 Å². The normalized spacial score (nSPS) is 15.2. The zero-order valence-corrected chi connectivity index (χ0v) is 19.3. The Hall–Kier alpha value is -0.711. The molecular formula is C14H17F6FeO7S3+. The van der Waals surface area contributed by atoms with Crippen LogP contribution in [0, 0.1) is 13.8 Å². The largest absolute Gasteiger partial charge is 2.00 e. The van der Waals surface area contributed by atoms with Crippen molar-refractivity contribution >= 4 is 31.1 Å². The molecule has 1 aromatic rings. The van der Waals surface area contributed by atoms with Crippen molar-refractivity contribution in [3.63, 3.8) is 0 Å². The van der Waals surface area contributed by atoms with E-state index in [2.05, 4.69) is 12.1 Å². The second kappa shape index (κ2) is 11.9. The maximum Gasteiger partial charge on any atom is 2.00 e. The predicted octanol–water partition coefficient (Wildman–Crippen LogP) is 2.88. The Bertz CT molecular complexity index is 860. The molecular weight excluding hydrogens is 546 g/mol. The summed E-state index contributed by atoms with van der Waals surface area (Å²) in [6.07, 6.45) is 2.75. The summed E-state index contributed by atoms with van der Waals surface area (Å²) in [6.45, 7) is 3.98. The van der Waals surface area contributed by atoms with Crippen LogP contribution in [-0.2, 0) is 48.2 Å². The minimum Gasteiger partial charge on any atom is -0.741 e. The quantitative estimate of drug-likeness (QED) is 0.183. The number of phenols is 1. The summed E-state index contributed by atoms with van der Waals surface area (Å²) < 4.78 is 118. The van der Waals surface area contributed by atoms with Gasteiger partial charge in [-0.1, -0.05) is 0 Å². The number of alkyl halides is 6. The van der Waals surface area contributed by atoms with Gasteiger partial charge in [0, 0.05) is 10.9 Å². The fourth-order valence-corrected chi connectivity index (χ4v) is 4.44. The molecule has 0 radical (unpaired) electrons. The molecule has 0 saturated carbocycles. The van der Waals surface area contributed by atoms with Gasteiger partial charge in [0.2, 0.25) is 0 Å². The molecule has 1 fully saturated rings. The summed E-state index contributed by atoms with van der Waals surface area (Å²) in [5, 5.41) is 9.68. The fourth-order valence-electron chi connectivity index (χ4n) is 1.97. The molecule has 0 spiro atoms. The molecule has 7 nitrogen and oxygen atoms in total. The van der Waals surface area contributed by atoms with Gasteiger partial charge in [-0.2, -0.15) is 26.3 Å². The molecule has 0 atom stereocenters. The number of halogens is 6. The van der Waals surface area contributed by atoms with Crippen molar-refractivity contribution in [1.82, 2.24) is 0 Å². The summed E-state index contributed by atoms with van der Waals surface area (Å²) in [4.78, 5) is 1.45. The van der Waals surface area contributed by atoms with Crippen LogP contribution in [0.2, 0.25) is 0 Å². The van der Waals surface area contributed by atoms with Gasteiger partial charge in [0.25, 0.3) is 0 Å². The Morgan fingerprint density at radius 2 is 1.10 bits per heavy atom. The van der Waals surface area contributed by atoms with E-state index < -0.39 is 31.3 Å². The van der Waals surface area contributed by atoms with E-state index in [0.29, 0.717) is 16.6 Å². The molecule has 1 saturated heterocycles. The number of hydrogen-bond acceptors (Lipinski definition) is 7. The standard InChI is InChI=1S/C12H16OS.2CHF3O3S.Fe/c1-9-7-11(8-10(2)12(9)13)14-5-3-4-6-14;2*2-1(3,4)8(5,6)7;/h7-8H,3-6H2,1-2H3;2*(H,5,6,7);/q;;;+2/p-1. The molecule has 31 heavy (non-hydrogen) atoms. The van der Waals surface area contributed by atoms with E-state index in [1.54, 1.807) is 0 Å². The van der Waals surface area contributed by atoms with Crippen molar-refractivity contribution in [2.45, 2.75) is 42.6 Å². The van der Waals surface area contributed by atoms with Crippen LogP contribution < -0.4 is 0 Å². The van der Waals surface area contributed by atoms with Crippen LogP contribution in [0.5, 0.6) is 5.75 Å². The zero-order valence-electron chi connectivity index (χ0n) is 15.7. The Kier molecular flexibility index (Phi) is 12.5. The molecule has 0 aromatic heterocycles. The van der Waals surface area contributed by atoms with Gasteiger partial charge in [-0.15, -0.1) is 0 Å². The minimum atomic E-state index is -6.09. The van der Waals surface area contributed by atoms with Crippen LogP contribution in [0.15, 0.2) is 17.0 Å². The molecule has 1 N–H and O–H groups in total. The van der Waals surface area contributed by atoms with Crippen molar-refractivity contribution in [2.24, 2.45) is 0 Å². The average Bonchev–Trinajstić information content (AvgIpc) is 3.03. The summed E-state index contributed by atoms with van der Waals surface area (Å²) >= 11 is 0. The molecule has 0 unspecified atom stereocenters. The van der Waals surface area contributed by atoms with E-state index in [1.165, 1.54) is 29.2 Å². The minimum absolute atomic E-state index is 0. The second-order valence-corrected chi connectivity index (χ2v) is 10.8. The van der Waals surface area contributed by atoms with E-state index >= 15 is 0 Å². The maximum absolute atomic E-state index is 10.7. The summed E-state index contributed by atoms with van der Waals surface area (Å²) in [6, 6.07) is 4.33. The Morgan fingerprint density at radius 1 is 0.839 bits per heavy atom. The van der Waals surface area contributed by atoms with E-state index in [9.17, 15) is 31.4 Å².